The summed E-state index contributed by atoms with van der Waals surface area (Å²) >= 11 is 0. The Morgan fingerprint density at radius 1 is 1.21 bits per heavy atom. The van der Waals surface area contributed by atoms with Crippen LogP contribution in [0, 0.1) is 17.3 Å². The van der Waals surface area contributed by atoms with E-state index in [0.717, 1.165) is 24.5 Å². The SMILES string of the molecule is CC1(C)C2CC=C(COCC(O)CN3CCN(S(=O)(=O)c4cccc(C(F)(F)F)c4)CC3)C1C2. The Morgan fingerprint density at radius 3 is 2.53 bits per heavy atom. The topological polar surface area (TPSA) is 70.1 Å². The smallest absolute Gasteiger partial charge is 0.389 e. The van der Waals surface area contributed by atoms with Crippen molar-refractivity contribution in [1.29, 1.82) is 0 Å². The van der Waals surface area contributed by atoms with Gasteiger partial charge in [0.15, 0.2) is 0 Å². The Morgan fingerprint density at radius 2 is 1.91 bits per heavy atom. The first-order valence-electron chi connectivity index (χ1n) is 11.7. The number of hydrogen-bond acceptors (Lipinski definition) is 5. The van der Waals surface area contributed by atoms with E-state index < -0.39 is 27.9 Å². The molecule has 0 radical (unpaired) electrons. The molecule has 1 aromatic carbocycles. The molecule has 3 unspecified atom stereocenters. The molecular formula is C24H33F3N2O4S. The van der Waals surface area contributed by atoms with Crippen molar-refractivity contribution in [2.24, 2.45) is 17.3 Å². The fourth-order valence-corrected chi connectivity index (χ4v) is 6.91. The Labute approximate surface area is 199 Å². The zero-order valence-electron chi connectivity index (χ0n) is 19.6. The molecule has 190 valence electrons. The van der Waals surface area contributed by atoms with Crippen LogP contribution in [0.25, 0.3) is 0 Å². The first-order chi connectivity index (χ1) is 15.9. The van der Waals surface area contributed by atoms with Gasteiger partial charge in [-0.3, -0.25) is 4.90 Å². The Balaban J connectivity index is 1.23. The minimum atomic E-state index is -4.60. The van der Waals surface area contributed by atoms with E-state index in [1.165, 1.54) is 22.4 Å². The summed E-state index contributed by atoms with van der Waals surface area (Å²) in [6.07, 6.45) is -0.706. The number of benzene rings is 1. The molecule has 4 aliphatic rings. The van der Waals surface area contributed by atoms with Gasteiger partial charge in [-0.25, -0.2) is 8.42 Å². The van der Waals surface area contributed by atoms with E-state index in [-0.39, 0.29) is 24.6 Å². The largest absolute Gasteiger partial charge is 0.416 e. The van der Waals surface area contributed by atoms with Gasteiger partial charge in [0.1, 0.15) is 0 Å². The molecule has 3 atom stereocenters. The van der Waals surface area contributed by atoms with Crippen molar-refractivity contribution in [1.82, 2.24) is 9.21 Å². The number of ether oxygens (including phenoxy) is 1. The molecule has 3 aliphatic carbocycles. The molecule has 0 spiro atoms. The summed E-state index contributed by atoms with van der Waals surface area (Å²) in [5, 5.41) is 10.4. The zero-order chi connectivity index (χ0) is 24.7. The number of fused-ring (bicyclic) bond motifs is 1. The van der Waals surface area contributed by atoms with Crippen LogP contribution in [0.5, 0.6) is 0 Å². The highest BCUT2D eigenvalue weighted by Crippen LogP contribution is 2.59. The van der Waals surface area contributed by atoms with Gasteiger partial charge in [0.2, 0.25) is 10.0 Å². The third-order valence-corrected chi connectivity index (χ3v) is 9.66. The summed E-state index contributed by atoms with van der Waals surface area (Å²) in [7, 11) is -4.02. The molecule has 0 aromatic heterocycles. The quantitative estimate of drug-likeness (QED) is 0.552. The minimum Gasteiger partial charge on any atom is -0.389 e. The highest BCUT2D eigenvalue weighted by molar-refractivity contribution is 7.89. The number of nitrogens with zero attached hydrogens (tertiary/aromatic N) is 2. The van der Waals surface area contributed by atoms with E-state index in [2.05, 4.69) is 19.9 Å². The lowest BCUT2D eigenvalue weighted by molar-refractivity contribution is -0.137. The maximum absolute atomic E-state index is 13.0. The molecular weight excluding hydrogens is 469 g/mol. The van der Waals surface area contributed by atoms with Gasteiger partial charge in [0, 0.05) is 32.7 Å². The van der Waals surface area contributed by atoms with Gasteiger partial charge >= 0.3 is 6.18 Å². The third-order valence-electron chi connectivity index (χ3n) is 7.76. The summed E-state index contributed by atoms with van der Waals surface area (Å²) in [6.45, 7) is 6.77. The number of halogens is 3. The Kier molecular flexibility index (Phi) is 7.19. The zero-order valence-corrected chi connectivity index (χ0v) is 20.4. The second-order valence-electron chi connectivity index (χ2n) is 10.2. The summed E-state index contributed by atoms with van der Waals surface area (Å²) in [4.78, 5) is 1.59. The van der Waals surface area contributed by atoms with Crippen molar-refractivity contribution in [2.45, 2.75) is 43.9 Å². The van der Waals surface area contributed by atoms with E-state index >= 15 is 0 Å². The molecule has 1 heterocycles. The highest BCUT2D eigenvalue weighted by atomic mass is 32.2. The number of piperazine rings is 1. The van der Waals surface area contributed by atoms with Gasteiger partial charge in [-0.2, -0.15) is 17.5 Å². The fraction of sp³-hybridized carbons (Fsp3) is 0.667. The highest BCUT2D eigenvalue weighted by Gasteiger charge is 2.51. The first-order valence-corrected chi connectivity index (χ1v) is 13.2. The van der Waals surface area contributed by atoms with E-state index in [9.17, 15) is 26.7 Å². The normalized spacial score (nSPS) is 26.6. The Bertz CT molecular complexity index is 1020. The number of aliphatic hydroxyl groups is 1. The van der Waals surface area contributed by atoms with Crippen molar-refractivity contribution >= 4 is 10.0 Å². The average molecular weight is 503 g/mol. The van der Waals surface area contributed by atoms with Crippen LogP contribution in [0.3, 0.4) is 0 Å². The van der Waals surface area contributed by atoms with Gasteiger partial charge in [-0.1, -0.05) is 26.0 Å². The lowest BCUT2D eigenvalue weighted by atomic mass is 9.49. The van der Waals surface area contributed by atoms with Gasteiger partial charge < -0.3 is 9.84 Å². The van der Waals surface area contributed by atoms with Crippen LogP contribution in [0.1, 0.15) is 32.3 Å². The van der Waals surface area contributed by atoms with E-state index in [0.29, 0.717) is 43.6 Å². The number of alkyl halides is 3. The van der Waals surface area contributed by atoms with Crippen LogP contribution in [0.2, 0.25) is 0 Å². The maximum atomic E-state index is 13.0. The fourth-order valence-electron chi connectivity index (χ4n) is 5.44. The second kappa shape index (κ2) is 9.54. The average Bonchev–Trinajstić information content (AvgIpc) is 2.79. The van der Waals surface area contributed by atoms with Gasteiger partial charge in [0.05, 0.1) is 29.8 Å². The van der Waals surface area contributed by atoms with Crippen molar-refractivity contribution in [3.63, 3.8) is 0 Å². The summed E-state index contributed by atoms with van der Waals surface area (Å²) in [6, 6.07) is 3.82. The predicted octanol–water partition coefficient (Wildman–Crippen LogP) is 3.38. The lowest BCUT2D eigenvalue weighted by Crippen LogP contribution is -2.50. The predicted molar refractivity (Wildman–Crippen MR) is 122 cm³/mol. The van der Waals surface area contributed by atoms with Crippen molar-refractivity contribution in [2.75, 3.05) is 45.9 Å². The molecule has 1 aliphatic heterocycles. The molecule has 34 heavy (non-hydrogen) atoms. The minimum absolute atomic E-state index is 0.150. The van der Waals surface area contributed by atoms with Gasteiger partial charge in [0.25, 0.3) is 0 Å². The molecule has 10 heteroatoms. The molecule has 0 amide bonds. The van der Waals surface area contributed by atoms with Crippen molar-refractivity contribution in [3.8, 4) is 0 Å². The van der Waals surface area contributed by atoms with Crippen LogP contribution in [0.15, 0.2) is 40.8 Å². The van der Waals surface area contributed by atoms with Crippen LogP contribution >= 0.6 is 0 Å². The van der Waals surface area contributed by atoms with E-state index in [1.54, 1.807) is 0 Å². The molecule has 5 rings (SSSR count). The summed E-state index contributed by atoms with van der Waals surface area (Å²) < 4.78 is 71.6. The Hall–Kier alpha value is -1.46. The van der Waals surface area contributed by atoms with Crippen LogP contribution in [-0.2, 0) is 20.9 Å². The number of rotatable bonds is 8. The summed E-state index contributed by atoms with van der Waals surface area (Å²) in [5.74, 6) is 1.33. The van der Waals surface area contributed by atoms with Gasteiger partial charge in [-0.15, -0.1) is 0 Å². The first kappa shape index (κ1) is 25.6. The number of sulfonamides is 1. The van der Waals surface area contributed by atoms with Crippen LogP contribution in [0.4, 0.5) is 13.2 Å². The molecule has 6 nitrogen and oxygen atoms in total. The van der Waals surface area contributed by atoms with E-state index in [1.807, 2.05) is 4.90 Å². The molecule has 2 bridgehead atoms. The van der Waals surface area contributed by atoms with Crippen LogP contribution < -0.4 is 0 Å². The maximum Gasteiger partial charge on any atom is 0.416 e. The van der Waals surface area contributed by atoms with Crippen molar-refractivity contribution in [3.05, 3.63) is 41.5 Å². The lowest BCUT2D eigenvalue weighted by Gasteiger charge is -2.56. The standard InChI is InChI=1S/C24H33F3N2O4S/c1-23(2)18-7-6-17(22(23)13-18)15-33-16-20(30)14-28-8-10-29(11-9-28)34(31,32)21-5-3-4-19(12-21)24(25,26)27/h3-6,12,18,20,22,30H,7-11,13-16H2,1-2H3. The van der Waals surface area contributed by atoms with Crippen molar-refractivity contribution < 1.29 is 31.4 Å². The summed E-state index contributed by atoms with van der Waals surface area (Å²) in [5.41, 5.74) is 0.674. The molecule has 1 N–H and O–H groups in total. The molecule has 1 saturated carbocycles. The van der Waals surface area contributed by atoms with Gasteiger partial charge in [-0.05, 0) is 53.9 Å². The van der Waals surface area contributed by atoms with Crippen LogP contribution in [-0.4, -0.2) is 74.8 Å². The van der Waals surface area contributed by atoms with E-state index in [4.69, 9.17) is 4.74 Å². The number of aliphatic hydroxyl groups excluding tert-OH is 1. The molecule has 1 saturated heterocycles. The monoisotopic (exact) mass is 502 g/mol. The number of hydrogen-bond donors (Lipinski definition) is 1. The number of β-amino-alcohol motifs (C(OH)–C–C–N with tert-alkyl or cyclic N) is 1. The molecule has 2 fully saturated rings. The number of allylic oxidation sites excluding steroid dienone is 1. The molecule has 1 aromatic rings. The third kappa shape index (κ3) is 5.21. The second-order valence-corrected chi connectivity index (χ2v) is 12.2.